The summed E-state index contributed by atoms with van der Waals surface area (Å²) in [5.41, 5.74) is 1.89. The number of aromatic nitrogens is 2. The monoisotopic (exact) mass is 346 g/mol. The van der Waals surface area contributed by atoms with Gasteiger partial charge >= 0.3 is 5.97 Å². The Hall–Kier alpha value is -1.95. The number of carbonyl (C=O) groups excluding carboxylic acids is 1. The first-order valence-corrected chi connectivity index (χ1v) is 9.06. The van der Waals surface area contributed by atoms with Gasteiger partial charge in [-0.2, -0.15) is 0 Å². The van der Waals surface area contributed by atoms with E-state index in [1.807, 2.05) is 13.8 Å². The van der Waals surface area contributed by atoms with Crippen molar-refractivity contribution in [3.8, 4) is 0 Å². The summed E-state index contributed by atoms with van der Waals surface area (Å²) in [6.45, 7) is 7.61. The van der Waals surface area contributed by atoms with Crippen LogP contribution < -0.4 is 5.56 Å². The van der Waals surface area contributed by atoms with Crippen molar-refractivity contribution in [1.82, 2.24) is 9.97 Å². The molecule has 3 rings (SSSR count). The second kappa shape index (κ2) is 6.51. The normalized spacial score (nSPS) is 18.1. The van der Waals surface area contributed by atoms with Crippen LogP contribution in [0, 0.1) is 5.92 Å². The number of fused-ring (bicyclic) bond motifs is 3. The molecule has 2 aromatic rings. The maximum absolute atomic E-state index is 12.5. The average Bonchev–Trinajstić information content (AvgIpc) is 2.83. The Morgan fingerprint density at radius 3 is 2.92 bits per heavy atom. The topological polar surface area (TPSA) is 72.0 Å². The second-order valence-corrected chi connectivity index (χ2v) is 7.87. The fourth-order valence-corrected chi connectivity index (χ4v) is 4.45. The van der Waals surface area contributed by atoms with Gasteiger partial charge in [-0.25, -0.2) is 9.78 Å². The van der Waals surface area contributed by atoms with Gasteiger partial charge in [0.2, 0.25) is 0 Å². The Labute approximate surface area is 144 Å². The third-order valence-corrected chi connectivity index (χ3v) is 5.42. The standard InChI is InChI=1S/C18H22N2O3S/c1-9(2)7-14(21)23-11(4)16-19-17(22)15-12-6-5-10(3)8-13(12)24-18(15)20-16/h7,10-11H,5-6,8H2,1-4H3,(H,19,20,22)/t10-,11-/m0/s1. The number of aromatic amines is 1. The van der Waals surface area contributed by atoms with Gasteiger partial charge in [0.1, 0.15) is 4.83 Å². The molecule has 0 spiro atoms. The predicted molar refractivity (Wildman–Crippen MR) is 95.4 cm³/mol. The number of allylic oxidation sites excluding steroid dienone is 1. The second-order valence-electron chi connectivity index (χ2n) is 6.78. The highest BCUT2D eigenvalue weighted by Crippen LogP contribution is 2.35. The Morgan fingerprint density at radius 1 is 1.46 bits per heavy atom. The molecule has 0 saturated heterocycles. The largest absolute Gasteiger partial charge is 0.451 e. The lowest BCUT2D eigenvalue weighted by atomic mass is 9.89. The Bertz CT molecular complexity index is 874. The van der Waals surface area contributed by atoms with Gasteiger partial charge in [-0.1, -0.05) is 12.5 Å². The molecular weight excluding hydrogens is 324 g/mol. The van der Waals surface area contributed by atoms with Gasteiger partial charge in [0.05, 0.1) is 5.39 Å². The first kappa shape index (κ1) is 16.9. The Balaban J connectivity index is 1.95. The van der Waals surface area contributed by atoms with Gasteiger partial charge in [-0.15, -0.1) is 11.3 Å². The highest BCUT2D eigenvalue weighted by Gasteiger charge is 2.24. The van der Waals surface area contributed by atoms with E-state index in [2.05, 4.69) is 16.9 Å². The van der Waals surface area contributed by atoms with Crippen molar-refractivity contribution in [3.63, 3.8) is 0 Å². The maximum Gasteiger partial charge on any atom is 0.331 e. The minimum Gasteiger partial charge on any atom is -0.451 e. The lowest BCUT2D eigenvalue weighted by molar-refractivity contribution is -0.142. The van der Waals surface area contributed by atoms with Crippen LogP contribution in [0.2, 0.25) is 0 Å². The number of carbonyl (C=O) groups is 1. The van der Waals surface area contributed by atoms with Crippen LogP contribution >= 0.6 is 11.3 Å². The van der Waals surface area contributed by atoms with Crippen LogP contribution in [-0.4, -0.2) is 15.9 Å². The molecule has 1 N–H and O–H groups in total. The highest BCUT2D eigenvalue weighted by molar-refractivity contribution is 7.18. The third-order valence-electron chi connectivity index (χ3n) is 4.27. The summed E-state index contributed by atoms with van der Waals surface area (Å²) in [7, 11) is 0. The van der Waals surface area contributed by atoms with Gasteiger partial charge in [-0.3, -0.25) is 4.79 Å². The molecule has 0 unspecified atom stereocenters. The van der Waals surface area contributed by atoms with E-state index in [-0.39, 0.29) is 5.56 Å². The number of nitrogens with one attached hydrogen (secondary N) is 1. The van der Waals surface area contributed by atoms with E-state index in [0.29, 0.717) is 17.1 Å². The average molecular weight is 346 g/mol. The highest BCUT2D eigenvalue weighted by atomic mass is 32.1. The van der Waals surface area contributed by atoms with Gasteiger partial charge in [0, 0.05) is 11.0 Å². The lowest BCUT2D eigenvalue weighted by Gasteiger charge is -2.17. The number of thiophene rings is 1. The van der Waals surface area contributed by atoms with Crippen LogP contribution in [0.1, 0.15) is 56.5 Å². The SMILES string of the molecule is CC(C)=CC(=O)O[C@@H](C)c1nc2sc3c(c2c(=O)[nH]1)CC[C@H](C)C3. The number of nitrogens with zero attached hydrogens (tertiary/aromatic N) is 1. The quantitative estimate of drug-likeness (QED) is 0.680. The predicted octanol–water partition coefficient (Wildman–Crippen LogP) is 3.68. The zero-order valence-corrected chi connectivity index (χ0v) is 15.3. The number of hydrogen-bond acceptors (Lipinski definition) is 5. The summed E-state index contributed by atoms with van der Waals surface area (Å²) >= 11 is 1.60. The summed E-state index contributed by atoms with van der Waals surface area (Å²) in [6.07, 6.45) is 3.89. The first-order valence-electron chi connectivity index (χ1n) is 8.25. The Kier molecular flexibility index (Phi) is 4.58. The molecule has 24 heavy (non-hydrogen) atoms. The number of hydrogen-bond donors (Lipinski definition) is 1. The van der Waals surface area contributed by atoms with E-state index < -0.39 is 12.1 Å². The number of H-pyrrole nitrogens is 1. The molecule has 1 aliphatic rings. The molecule has 5 nitrogen and oxygen atoms in total. The minimum atomic E-state index is -0.594. The van der Waals surface area contributed by atoms with Crippen molar-refractivity contribution in [2.45, 2.75) is 53.1 Å². The van der Waals surface area contributed by atoms with Crippen LogP contribution in [0.4, 0.5) is 0 Å². The number of rotatable bonds is 3. The van der Waals surface area contributed by atoms with Crippen LogP contribution in [0.3, 0.4) is 0 Å². The molecule has 2 atom stereocenters. The van der Waals surface area contributed by atoms with Gasteiger partial charge in [0.15, 0.2) is 11.9 Å². The number of ether oxygens (including phenoxy) is 1. The fourth-order valence-electron chi connectivity index (χ4n) is 3.06. The van der Waals surface area contributed by atoms with Crippen LogP contribution in [0.25, 0.3) is 10.2 Å². The lowest BCUT2D eigenvalue weighted by Crippen LogP contribution is -2.17. The molecule has 0 saturated carbocycles. The molecule has 1 aliphatic carbocycles. The van der Waals surface area contributed by atoms with Crippen LogP contribution in [-0.2, 0) is 22.4 Å². The Morgan fingerprint density at radius 2 is 2.21 bits per heavy atom. The molecular formula is C18H22N2O3S. The third kappa shape index (κ3) is 3.29. The van der Waals surface area contributed by atoms with Crippen molar-refractivity contribution in [1.29, 1.82) is 0 Å². The number of esters is 1. The van der Waals surface area contributed by atoms with E-state index in [0.717, 1.165) is 35.2 Å². The molecule has 0 bridgehead atoms. The summed E-state index contributed by atoms with van der Waals surface area (Å²) in [4.78, 5) is 33.7. The molecule has 0 fully saturated rings. The van der Waals surface area contributed by atoms with Gasteiger partial charge in [0.25, 0.3) is 5.56 Å². The molecule has 0 radical (unpaired) electrons. The van der Waals surface area contributed by atoms with Crippen LogP contribution in [0.5, 0.6) is 0 Å². The van der Waals surface area contributed by atoms with E-state index in [1.165, 1.54) is 11.0 Å². The van der Waals surface area contributed by atoms with E-state index in [1.54, 1.807) is 18.3 Å². The zero-order valence-electron chi connectivity index (χ0n) is 14.4. The van der Waals surface area contributed by atoms with Crippen molar-refractivity contribution in [2.24, 2.45) is 5.92 Å². The van der Waals surface area contributed by atoms with Gasteiger partial charge in [-0.05, 0) is 51.5 Å². The van der Waals surface area contributed by atoms with Crippen molar-refractivity contribution in [2.75, 3.05) is 0 Å². The zero-order chi connectivity index (χ0) is 17.4. The molecule has 0 amide bonds. The summed E-state index contributed by atoms with van der Waals surface area (Å²) in [5.74, 6) is 0.618. The summed E-state index contributed by atoms with van der Waals surface area (Å²) in [5, 5.41) is 0.716. The molecule has 0 aliphatic heterocycles. The van der Waals surface area contributed by atoms with E-state index in [4.69, 9.17) is 4.74 Å². The molecule has 0 aromatic carbocycles. The minimum absolute atomic E-state index is 0.132. The van der Waals surface area contributed by atoms with E-state index in [9.17, 15) is 9.59 Å². The fraction of sp³-hybridized carbons (Fsp3) is 0.500. The summed E-state index contributed by atoms with van der Waals surface area (Å²) in [6, 6.07) is 0. The molecule has 6 heteroatoms. The smallest absolute Gasteiger partial charge is 0.331 e. The number of aryl methyl sites for hydroxylation is 1. The molecule has 2 heterocycles. The molecule has 2 aromatic heterocycles. The van der Waals surface area contributed by atoms with E-state index >= 15 is 0 Å². The molecule has 128 valence electrons. The van der Waals surface area contributed by atoms with Crippen molar-refractivity contribution in [3.05, 3.63) is 38.3 Å². The van der Waals surface area contributed by atoms with Gasteiger partial charge < -0.3 is 9.72 Å². The first-order chi connectivity index (χ1) is 11.3. The maximum atomic E-state index is 12.5. The summed E-state index contributed by atoms with van der Waals surface area (Å²) < 4.78 is 5.33. The van der Waals surface area contributed by atoms with Crippen molar-refractivity contribution < 1.29 is 9.53 Å². The van der Waals surface area contributed by atoms with Crippen LogP contribution in [0.15, 0.2) is 16.4 Å². The van der Waals surface area contributed by atoms with Crippen molar-refractivity contribution >= 4 is 27.5 Å².